The molecule has 2 unspecified atom stereocenters. The first-order valence-electron chi connectivity index (χ1n) is 4.62. The summed E-state index contributed by atoms with van der Waals surface area (Å²) in [5, 5.41) is 2.25. The Hall–Kier alpha value is -1.39. The molecule has 0 spiro atoms. The summed E-state index contributed by atoms with van der Waals surface area (Å²) in [6.45, 7) is 1.80. The van der Waals surface area contributed by atoms with Crippen molar-refractivity contribution in [3.63, 3.8) is 0 Å². The van der Waals surface area contributed by atoms with Crippen LogP contribution in [0.4, 0.5) is 0 Å². The average molecular weight is 198 g/mol. The SMILES string of the molecule is CC(CC(N)=O)C1CCC(=O)NC1=O. The van der Waals surface area contributed by atoms with Crippen molar-refractivity contribution in [3.05, 3.63) is 0 Å². The van der Waals surface area contributed by atoms with Gasteiger partial charge in [0.2, 0.25) is 17.7 Å². The largest absolute Gasteiger partial charge is 0.370 e. The van der Waals surface area contributed by atoms with Gasteiger partial charge in [-0.1, -0.05) is 6.92 Å². The molecule has 3 N–H and O–H groups in total. The third kappa shape index (κ3) is 2.55. The van der Waals surface area contributed by atoms with Crippen molar-refractivity contribution in [2.45, 2.75) is 26.2 Å². The van der Waals surface area contributed by atoms with Gasteiger partial charge < -0.3 is 5.73 Å². The van der Waals surface area contributed by atoms with Crippen LogP contribution in [0.3, 0.4) is 0 Å². The van der Waals surface area contributed by atoms with E-state index in [1.807, 2.05) is 0 Å². The van der Waals surface area contributed by atoms with Gasteiger partial charge >= 0.3 is 0 Å². The van der Waals surface area contributed by atoms with E-state index in [2.05, 4.69) is 5.32 Å². The molecule has 2 atom stereocenters. The molecular weight excluding hydrogens is 184 g/mol. The van der Waals surface area contributed by atoms with Gasteiger partial charge in [0.1, 0.15) is 0 Å². The third-order valence-electron chi connectivity index (χ3n) is 2.49. The maximum absolute atomic E-state index is 11.3. The lowest BCUT2D eigenvalue weighted by molar-refractivity contribution is -0.137. The number of carbonyl (C=O) groups excluding carboxylic acids is 3. The van der Waals surface area contributed by atoms with Gasteiger partial charge in [-0.2, -0.15) is 0 Å². The molecule has 14 heavy (non-hydrogen) atoms. The minimum atomic E-state index is -0.415. The fourth-order valence-electron chi connectivity index (χ4n) is 1.71. The van der Waals surface area contributed by atoms with Gasteiger partial charge in [-0.05, 0) is 12.3 Å². The van der Waals surface area contributed by atoms with E-state index < -0.39 is 5.91 Å². The minimum Gasteiger partial charge on any atom is -0.370 e. The van der Waals surface area contributed by atoms with Crippen molar-refractivity contribution >= 4 is 17.7 Å². The Kier molecular flexibility index (Phi) is 3.22. The van der Waals surface area contributed by atoms with Crippen LogP contribution in [0.2, 0.25) is 0 Å². The molecule has 0 aromatic carbocycles. The molecule has 78 valence electrons. The van der Waals surface area contributed by atoms with Crippen molar-refractivity contribution in [1.29, 1.82) is 0 Å². The Morgan fingerprint density at radius 2 is 2.29 bits per heavy atom. The zero-order valence-electron chi connectivity index (χ0n) is 8.08. The number of nitrogens with two attached hydrogens (primary N) is 1. The first-order chi connectivity index (χ1) is 6.50. The molecule has 1 aliphatic rings. The lowest BCUT2D eigenvalue weighted by Crippen LogP contribution is -2.43. The summed E-state index contributed by atoms with van der Waals surface area (Å²) >= 11 is 0. The Balaban J connectivity index is 2.55. The minimum absolute atomic E-state index is 0.0967. The molecule has 0 aromatic rings. The van der Waals surface area contributed by atoms with Crippen molar-refractivity contribution in [3.8, 4) is 0 Å². The molecule has 0 aliphatic carbocycles. The van der Waals surface area contributed by atoms with Crippen LogP contribution >= 0.6 is 0 Å². The molecule has 5 heteroatoms. The van der Waals surface area contributed by atoms with E-state index in [0.717, 1.165) is 0 Å². The number of hydrogen-bond donors (Lipinski definition) is 2. The molecule has 0 bridgehead atoms. The van der Waals surface area contributed by atoms with E-state index in [0.29, 0.717) is 12.8 Å². The van der Waals surface area contributed by atoms with Crippen molar-refractivity contribution in [1.82, 2.24) is 5.32 Å². The van der Waals surface area contributed by atoms with Crippen LogP contribution in [-0.4, -0.2) is 17.7 Å². The van der Waals surface area contributed by atoms with Crippen LogP contribution in [0.1, 0.15) is 26.2 Å². The van der Waals surface area contributed by atoms with Crippen LogP contribution in [0.5, 0.6) is 0 Å². The first kappa shape index (κ1) is 10.7. The first-order valence-corrected chi connectivity index (χ1v) is 4.62. The summed E-state index contributed by atoms with van der Waals surface area (Å²) in [6.07, 6.45) is 1.05. The summed E-state index contributed by atoms with van der Waals surface area (Å²) in [6, 6.07) is 0. The van der Waals surface area contributed by atoms with Gasteiger partial charge in [-0.25, -0.2) is 0 Å². The number of amides is 3. The predicted octanol–water partition coefficient (Wildman–Crippen LogP) is -0.449. The zero-order valence-corrected chi connectivity index (χ0v) is 8.08. The molecule has 1 saturated heterocycles. The number of primary amides is 1. The Labute approximate surface area is 82.0 Å². The lowest BCUT2D eigenvalue weighted by Gasteiger charge is -2.25. The normalized spacial score (nSPS) is 24.2. The number of nitrogens with one attached hydrogen (secondary N) is 1. The highest BCUT2D eigenvalue weighted by atomic mass is 16.2. The fraction of sp³-hybridized carbons (Fsp3) is 0.667. The van der Waals surface area contributed by atoms with Crippen LogP contribution in [0.25, 0.3) is 0 Å². The molecular formula is C9H14N2O3. The number of piperidine rings is 1. The predicted molar refractivity (Wildman–Crippen MR) is 48.8 cm³/mol. The molecule has 3 amide bonds. The molecule has 0 radical (unpaired) electrons. The van der Waals surface area contributed by atoms with Crippen LogP contribution in [0, 0.1) is 11.8 Å². The van der Waals surface area contributed by atoms with Gasteiger partial charge in [0, 0.05) is 18.8 Å². The smallest absolute Gasteiger partial charge is 0.229 e. The summed E-state index contributed by atoms with van der Waals surface area (Å²) in [5.41, 5.74) is 5.04. The van der Waals surface area contributed by atoms with Crippen molar-refractivity contribution in [2.75, 3.05) is 0 Å². The topological polar surface area (TPSA) is 89.3 Å². The van der Waals surface area contributed by atoms with E-state index in [1.165, 1.54) is 0 Å². The van der Waals surface area contributed by atoms with E-state index in [9.17, 15) is 14.4 Å². The quantitative estimate of drug-likeness (QED) is 0.602. The highest BCUT2D eigenvalue weighted by Crippen LogP contribution is 2.23. The van der Waals surface area contributed by atoms with Crippen LogP contribution < -0.4 is 11.1 Å². The Bertz CT molecular complexity index is 275. The van der Waals surface area contributed by atoms with Gasteiger partial charge in [0.25, 0.3) is 0 Å². The highest BCUT2D eigenvalue weighted by molar-refractivity contribution is 5.98. The molecule has 1 fully saturated rings. The summed E-state index contributed by atoms with van der Waals surface area (Å²) in [7, 11) is 0. The van der Waals surface area contributed by atoms with Gasteiger partial charge in [-0.3, -0.25) is 19.7 Å². The zero-order chi connectivity index (χ0) is 10.7. The standard InChI is InChI=1S/C9H14N2O3/c1-5(4-7(10)12)6-2-3-8(13)11-9(6)14/h5-6H,2-4H2,1H3,(H2,10,12)(H,11,13,14). The maximum atomic E-state index is 11.3. The van der Waals surface area contributed by atoms with Gasteiger partial charge in [-0.15, -0.1) is 0 Å². The molecule has 1 heterocycles. The third-order valence-corrected chi connectivity index (χ3v) is 2.49. The number of rotatable bonds is 3. The fourth-order valence-corrected chi connectivity index (χ4v) is 1.71. The summed E-state index contributed by atoms with van der Waals surface area (Å²) < 4.78 is 0. The summed E-state index contributed by atoms with van der Waals surface area (Å²) in [5.74, 6) is -1.30. The molecule has 1 aliphatic heterocycles. The van der Waals surface area contributed by atoms with E-state index in [-0.39, 0.29) is 30.1 Å². The lowest BCUT2D eigenvalue weighted by atomic mass is 9.84. The molecule has 5 nitrogen and oxygen atoms in total. The van der Waals surface area contributed by atoms with Crippen LogP contribution in [-0.2, 0) is 14.4 Å². The second-order valence-electron chi connectivity index (χ2n) is 3.71. The maximum Gasteiger partial charge on any atom is 0.229 e. The monoisotopic (exact) mass is 198 g/mol. The molecule has 0 saturated carbocycles. The molecule has 1 rings (SSSR count). The highest BCUT2D eigenvalue weighted by Gasteiger charge is 2.31. The second kappa shape index (κ2) is 4.21. The van der Waals surface area contributed by atoms with Gasteiger partial charge in [0.05, 0.1) is 0 Å². The Morgan fingerprint density at radius 1 is 1.64 bits per heavy atom. The average Bonchev–Trinajstić information content (AvgIpc) is 2.01. The van der Waals surface area contributed by atoms with Crippen LogP contribution in [0.15, 0.2) is 0 Å². The number of carbonyl (C=O) groups is 3. The second-order valence-corrected chi connectivity index (χ2v) is 3.71. The van der Waals surface area contributed by atoms with Gasteiger partial charge in [0.15, 0.2) is 0 Å². The summed E-state index contributed by atoms with van der Waals surface area (Å²) in [4.78, 5) is 32.8. The van der Waals surface area contributed by atoms with Crippen molar-refractivity contribution in [2.24, 2.45) is 17.6 Å². The molecule has 0 aromatic heterocycles. The Morgan fingerprint density at radius 3 is 2.79 bits per heavy atom. The van der Waals surface area contributed by atoms with E-state index in [1.54, 1.807) is 6.92 Å². The van der Waals surface area contributed by atoms with E-state index >= 15 is 0 Å². The van der Waals surface area contributed by atoms with Crippen molar-refractivity contribution < 1.29 is 14.4 Å². The number of hydrogen-bond acceptors (Lipinski definition) is 3. The van der Waals surface area contributed by atoms with E-state index in [4.69, 9.17) is 5.73 Å². The number of imide groups is 1.